The summed E-state index contributed by atoms with van der Waals surface area (Å²) in [4.78, 5) is 2.24. The molecule has 112 valence electrons. The Kier molecular flexibility index (Phi) is 5.43. The van der Waals surface area contributed by atoms with Gasteiger partial charge in [0.2, 0.25) is 0 Å². The molecule has 0 aliphatic rings. The summed E-state index contributed by atoms with van der Waals surface area (Å²) in [7, 11) is 0. The van der Waals surface area contributed by atoms with E-state index in [0.717, 1.165) is 15.4 Å². The van der Waals surface area contributed by atoms with Gasteiger partial charge in [-0.3, -0.25) is 0 Å². The van der Waals surface area contributed by atoms with E-state index in [1.807, 2.05) is 13.0 Å². The molecule has 1 unspecified atom stereocenters. The minimum absolute atomic E-state index is 0.0227. The average molecular weight is 303 g/mol. The molecule has 0 aliphatic carbocycles. The topological polar surface area (TPSA) is 26.0 Å². The van der Waals surface area contributed by atoms with E-state index in [1.54, 1.807) is 17.8 Å². The van der Waals surface area contributed by atoms with Crippen molar-refractivity contribution in [3.63, 3.8) is 0 Å². The average Bonchev–Trinajstić information content (AvgIpc) is 2.42. The van der Waals surface area contributed by atoms with Crippen LogP contribution >= 0.6 is 11.8 Å². The predicted octanol–water partition coefficient (Wildman–Crippen LogP) is 4.99. The van der Waals surface area contributed by atoms with E-state index in [9.17, 15) is 4.39 Å². The van der Waals surface area contributed by atoms with Crippen molar-refractivity contribution in [2.24, 2.45) is 5.73 Å². The molecular weight excluding hydrogens is 281 g/mol. The normalized spacial score (nSPS) is 12.7. The smallest absolute Gasteiger partial charge is 0.123 e. The van der Waals surface area contributed by atoms with Crippen molar-refractivity contribution in [1.82, 2.24) is 0 Å². The number of nitrogens with two attached hydrogens (primary N) is 1. The fourth-order valence-electron chi connectivity index (χ4n) is 2.20. The van der Waals surface area contributed by atoms with E-state index in [1.165, 1.54) is 11.6 Å². The van der Waals surface area contributed by atoms with Gasteiger partial charge in [-0.1, -0.05) is 37.7 Å². The monoisotopic (exact) mass is 303 g/mol. The van der Waals surface area contributed by atoms with Gasteiger partial charge in [-0.15, -0.1) is 0 Å². The predicted molar refractivity (Wildman–Crippen MR) is 88.4 cm³/mol. The van der Waals surface area contributed by atoms with E-state index in [4.69, 9.17) is 5.73 Å². The Morgan fingerprint density at radius 1 is 1.05 bits per heavy atom. The largest absolute Gasteiger partial charge is 0.328 e. The van der Waals surface area contributed by atoms with Gasteiger partial charge in [0.1, 0.15) is 5.82 Å². The molecule has 0 amide bonds. The minimum Gasteiger partial charge on any atom is -0.328 e. The van der Waals surface area contributed by atoms with Crippen LogP contribution in [0.1, 0.15) is 37.8 Å². The number of halogens is 1. The maximum Gasteiger partial charge on any atom is 0.123 e. The second kappa shape index (κ2) is 7.10. The minimum atomic E-state index is -0.204. The molecule has 0 aromatic heterocycles. The van der Waals surface area contributed by atoms with Crippen molar-refractivity contribution in [3.05, 3.63) is 59.4 Å². The summed E-state index contributed by atoms with van der Waals surface area (Å²) in [5, 5.41) is 0. The second-order valence-corrected chi connectivity index (χ2v) is 6.87. The van der Waals surface area contributed by atoms with E-state index in [2.05, 4.69) is 38.1 Å². The van der Waals surface area contributed by atoms with Gasteiger partial charge in [0, 0.05) is 15.8 Å². The summed E-state index contributed by atoms with van der Waals surface area (Å²) < 4.78 is 13.4. The fourth-order valence-corrected chi connectivity index (χ4v) is 3.14. The Morgan fingerprint density at radius 2 is 1.71 bits per heavy atom. The summed E-state index contributed by atoms with van der Waals surface area (Å²) in [5.74, 6) is 0.327. The summed E-state index contributed by atoms with van der Waals surface area (Å²) in [6, 6.07) is 13.5. The summed E-state index contributed by atoms with van der Waals surface area (Å²) in [6.45, 7) is 6.31. The van der Waals surface area contributed by atoms with Crippen molar-refractivity contribution in [2.75, 3.05) is 0 Å². The highest BCUT2D eigenvalue weighted by Crippen LogP contribution is 2.32. The van der Waals surface area contributed by atoms with E-state index < -0.39 is 0 Å². The Balaban J connectivity index is 2.22. The Hall–Kier alpha value is -1.32. The van der Waals surface area contributed by atoms with Crippen LogP contribution in [0.3, 0.4) is 0 Å². The van der Waals surface area contributed by atoms with E-state index >= 15 is 0 Å². The van der Waals surface area contributed by atoms with Gasteiger partial charge in [0.25, 0.3) is 0 Å². The van der Waals surface area contributed by atoms with Gasteiger partial charge in [0.15, 0.2) is 0 Å². The maximum absolute atomic E-state index is 13.4. The number of rotatable bonds is 5. The van der Waals surface area contributed by atoms with Gasteiger partial charge in [0.05, 0.1) is 0 Å². The highest BCUT2D eigenvalue weighted by atomic mass is 32.2. The zero-order valence-electron chi connectivity index (χ0n) is 12.8. The zero-order valence-corrected chi connectivity index (χ0v) is 13.6. The first-order valence-electron chi connectivity index (χ1n) is 7.27. The maximum atomic E-state index is 13.4. The van der Waals surface area contributed by atoms with Crippen LogP contribution in [-0.2, 0) is 6.42 Å². The van der Waals surface area contributed by atoms with Gasteiger partial charge >= 0.3 is 0 Å². The molecule has 2 aromatic rings. The van der Waals surface area contributed by atoms with Crippen molar-refractivity contribution in [3.8, 4) is 0 Å². The highest BCUT2D eigenvalue weighted by Gasteiger charge is 2.09. The number of hydrogen-bond acceptors (Lipinski definition) is 2. The van der Waals surface area contributed by atoms with Crippen LogP contribution in [0.2, 0.25) is 0 Å². The van der Waals surface area contributed by atoms with Crippen LogP contribution in [0, 0.1) is 5.82 Å². The van der Waals surface area contributed by atoms with Crippen LogP contribution in [0.25, 0.3) is 0 Å². The first-order valence-corrected chi connectivity index (χ1v) is 8.09. The molecule has 21 heavy (non-hydrogen) atoms. The molecule has 2 aromatic carbocycles. The molecule has 1 atom stereocenters. The lowest BCUT2D eigenvalue weighted by Crippen LogP contribution is -2.18. The second-order valence-electron chi connectivity index (χ2n) is 5.76. The van der Waals surface area contributed by atoms with Crippen LogP contribution in [0.4, 0.5) is 4.39 Å². The van der Waals surface area contributed by atoms with Crippen LogP contribution in [0.5, 0.6) is 0 Å². The summed E-state index contributed by atoms with van der Waals surface area (Å²) in [5.41, 5.74) is 8.16. The lowest BCUT2D eigenvalue weighted by molar-refractivity contribution is 0.620. The van der Waals surface area contributed by atoms with Crippen molar-refractivity contribution in [2.45, 2.75) is 48.9 Å². The Labute approximate surface area is 130 Å². The summed E-state index contributed by atoms with van der Waals surface area (Å²) in [6.07, 6.45) is 0.685. The first kappa shape index (κ1) is 16.1. The van der Waals surface area contributed by atoms with Gasteiger partial charge in [-0.05, 0) is 60.7 Å². The van der Waals surface area contributed by atoms with Gasteiger partial charge < -0.3 is 5.73 Å². The molecule has 0 saturated heterocycles. The number of hydrogen-bond donors (Lipinski definition) is 1. The van der Waals surface area contributed by atoms with Crippen molar-refractivity contribution < 1.29 is 4.39 Å². The molecule has 0 radical (unpaired) electrons. The molecule has 0 fully saturated rings. The summed E-state index contributed by atoms with van der Waals surface area (Å²) >= 11 is 1.66. The Bertz CT molecular complexity index is 591. The van der Waals surface area contributed by atoms with Crippen molar-refractivity contribution in [1.29, 1.82) is 0 Å². The molecular formula is C18H22FNS. The molecule has 0 heterocycles. The molecule has 2 N–H and O–H groups in total. The fraction of sp³-hybridized carbons (Fsp3) is 0.333. The zero-order chi connectivity index (χ0) is 15.4. The molecule has 2 rings (SSSR count). The van der Waals surface area contributed by atoms with E-state index in [0.29, 0.717) is 12.3 Å². The molecule has 1 nitrogen and oxygen atoms in total. The van der Waals surface area contributed by atoms with Crippen LogP contribution < -0.4 is 5.73 Å². The first-order chi connectivity index (χ1) is 9.95. The lowest BCUT2D eigenvalue weighted by atomic mass is 10.0. The standard InChI is InChI=1S/C18H22FNS/c1-12(2)14-4-7-17(8-5-14)21-18-9-6-16(19)11-15(18)10-13(3)20/h4-9,11-13H,10,20H2,1-3H3. The van der Waals surface area contributed by atoms with Crippen molar-refractivity contribution >= 4 is 11.8 Å². The molecule has 3 heteroatoms. The van der Waals surface area contributed by atoms with Crippen LogP contribution in [0.15, 0.2) is 52.3 Å². The molecule has 0 spiro atoms. The van der Waals surface area contributed by atoms with Gasteiger partial charge in [-0.25, -0.2) is 4.39 Å². The SMILES string of the molecule is CC(N)Cc1cc(F)ccc1Sc1ccc(C(C)C)cc1. The third kappa shape index (κ3) is 4.58. The lowest BCUT2D eigenvalue weighted by Gasteiger charge is -2.12. The highest BCUT2D eigenvalue weighted by molar-refractivity contribution is 7.99. The quantitative estimate of drug-likeness (QED) is 0.842. The Morgan fingerprint density at radius 3 is 2.29 bits per heavy atom. The van der Waals surface area contributed by atoms with Crippen LogP contribution in [-0.4, -0.2) is 6.04 Å². The molecule has 0 saturated carbocycles. The van der Waals surface area contributed by atoms with Gasteiger partial charge in [-0.2, -0.15) is 0 Å². The number of benzene rings is 2. The third-order valence-electron chi connectivity index (χ3n) is 3.34. The van der Waals surface area contributed by atoms with E-state index in [-0.39, 0.29) is 11.9 Å². The third-order valence-corrected chi connectivity index (χ3v) is 4.47. The molecule has 0 aliphatic heterocycles. The molecule has 0 bridgehead atoms.